The second kappa shape index (κ2) is 13.0. The maximum atomic E-state index is 14.0. The van der Waals surface area contributed by atoms with E-state index in [1.807, 2.05) is 41.3 Å². The average molecular weight is 577 g/mol. The molecule has 4 rings (SSSR count). The summed E-state index contributed by atoms with van der Waals surface area (Å²) >= 11 is 0. The Bertz CT molecular complexity index is 1240. The predicted octanol–water partition coefficient (Wildman–Crippen LogP) is 2.88. The monoisotopic (exact) mass is 576 g/mol. The highest BCUT2D eigenvalue weighted by Gasteiger charge is 2.55. The summed E-state index contributed by atoms with van der Waals surface area (Å²) in [4.78, 5) is 17.1. The van der Waals surface area contributed by atoms with Crippen molar-refractivity contribution in [2.24, 2.45) is 0 Å². The molecule has 2 aliphatic heterocycles. The SMILES string of the molecule is CCCCOc1ccc(N2CCN(S(=O)(=O)C3(C(=O)NO)CCN(c4ccc(OC)c(OC)c4)CC3)CC2)cc1. The third-order valence-electron chi connectivity index (χ3n) is 7.86. The zero-order valence-electron chi connectivity index (χ0n) is 23.5. The van der Waals surface area contributed by atoms with Crippen molar-refractivity contribution in [1.29, 1.82) is 0 Å². The fourth-order valence-corrected chi connectivity index (χ4v) is 7.49. The Balaban J connectivity index is 1.43. The lowest BCUT2D eigenvalue weighted by Crippen LogP contribution is -2.63. The first-order valence-corrected chi connectivity index (χ1v) is 15.1. The molecule has 0 saturated carbocycles. The van der Waals surface area contributed by atoms with Gasteiger partial charge < -0.3 is 24.0 Å². The molecule has 2 aliphatic rings. The molecule has 1 amide bonds. The molecule has 2 aromatic rings. The van der Waals surface area contributed by atoms with E-state index in [2.05, 4.69) is 11.8 Å². The summed E-state index contributed by atoms with van der Waals surface area (Å²) in [7, 11) is -0.954. The van der Waals surface area contributed by atoms with Crippen LogP contribution in [0.1, 0.15) is 32.6 Å². The van der Waals surface area contributed by atoms with Gasteiger partial charge >= 0.3 is 0 Å². The van der Waals surface area contributed by atoms with Crippen molar-refractivity contribution in [3.05, 3.63) is 42.5 Å². The topological polar surface area (TPSA) is 121 Å². The summed E-state index contributed by atoms with van der Waals surface area (Å²) in [6.07, 6.45) is 2.15. The van der Waals surface area contributed by atoms with Gasteiger partial charge in [0, 0.05) is 56.7 Å². The van der Waals surface area contributed by atoms with Crippen molar-refractivity contribution in [3.8, 4) is 17.2 Å². The fourth-order valence-electron chi connectivity index (χ4n) is 5.37. The molecule has 0 aromatic heterocycles. The molecular formula is C28H40N4O7S. The van der Waals surface area contributed by atoms with Gasteiger partial charge in [0.1, 0.15) is 5.75 Å². The van der Waals surface area contributed by atoms with Crippen LogP contribution < -0.4 is 29.5 Å². The number of amides is 1. The summed E-state index contributed by atoms with van der Waals surface area (Å²) in [5.41, 5.74) is 3.47. The van der Waals surface area contributed by atoms with E-state index in [0.717, 1.165) is 30.0 Å². The van der Waals surface area contributed by atoms with Crippen molar-refractivity contribution in [2.75, 3.05) is 69.9 Å². The molecule has 2 fully saturated rings. The molecule has 2 saturated heterocycles. The van der Waals surface area contributed by atoms with Gasteiger partial charge in [-0.3, -0.25) is 10.0 Å². The minimum absolute atomic E-state index is 0.0375. The number of piperazine rings is 1. The van der Waals surface area contributed by atoms with Gasteiger partial charge in [-0.05, 0) is 55.7 Å². The summed E-state index contributed by atoms with van der Waals surface area (Å²) in [6.45, 7) is 4.90. The van der Waals surface area contributed by atoms with Gasteiger partial charge in [-0.15, -0.1) is 0 Å². The first kappa shape index (κ1) is 29.8. The van der Waals surface area contributed by atoms with Crippen molar-refractivity contribution < 1.29 is 32.6 Å². The van der Waals surface area contributed by atoms with Crippen LogP contribution in [0.3, 0.4) is 0 Å². The van der Waals surface area contributed by atoms with Crippen molar-refractivity contribution in [2.45, 2.75) is 37.4 Å². The number of ether oxygens (including phenoxy) is 3. The van der Waals surface area contributed by atoms with Crippen LogP contribution in [0, 0.1) is 0 Å². The molecule has 12 heteroatoms. The molecule has 220 valence electrons. The molecular weight excluding hydrogens is 536 g/mol. The number of hydroxylamine groups is 1. The lowest BCUT2D eigenvalue weighted by Gasteiger charge is -2.44. The Hall–Kier alpha value is -3.22. The van der Waals surface area contributed by atoms with Crippen molar-refractivity contribution in [1.82, 2.24) is 9.79 Å². The third kappa shape index (κ3) is 5.93. The van der Waals surface area contributed by atoms with Gasteiger partial charge in [-0.25, -0.2) is 13.9 Å². The molecule has 0 aliphatic carbocycles. The fraction of sp³-hybridized carbons (Fsp3) is 0.536. The summed E-state index contributed by atoms with van der Waals surface area (Å²) in [6, 6.07) is 13.3. The lowest BCUT2D eigenvalue weighted by atomic mass is 9.94. The number of carbonyl (C=O) groups excluding carboxylic acids is 1. The normalized spacial score (nSPS) is 17.8. The molecule has 0 unspecified atom stereocenters. The van der Waals surface area contributed by atoms with Crippen LogP contribution in [0.4, 0.5) is 11.4 Å². The largest absolute Gasteiger partial charge is 0.494 e. The Labute approximate surface area is 236 Å². The second-order valence-electron chi connectivity index (χ2n) is 10.0. The van der Waals surface area contributed by atoms with E-state index in [-0.39, 0.29) is 25.9 Å². The maximum absolute atomic E-state index is 14.0. The molecule has 0 bridgehead atoms. The average Bonchev–Trinajstić information content (AvgIpc) is 3.00. The molecule has 2 heterocycles. The molecule has 0 spiro atoms. The van der Waals surface area contributed by atoms with Gasteiger partial charge in [0.05, 0.1) is 20.8 Å². The van der Waals surface area contributed by atoms with Crippen LogP contribution in [0.25, 0.3) is 0 Å². The third-order valence-corrected chi connectivity index (χ3v) is 10.5. The number of nitrogens with zero attached hydrogens (tertiary/aromatic N) is 3. The van der Waals surface area contributed by atoms with E-state index in [4.69, 9.17) is 14.2 Å². The number of methoxy groups -OCH3 is 2. The Kier molecular flexibility index (Phi) is 9.64. The van der Waals surface area contributed by atoms with E-state index in [1.54, 1.807) is 25.8 Å². The zero-order valence-corrected chi connectivity index (χ0v) is 24.3. The van der Waals surface area contributed by atoms with E-state index in [0.29, 0.717) is 44.3 Å². The van der Waals surface area contributed by atoms with E-state index < -0.39 is 20.7 Å². The number of nitrogens with one attached hydrogen (secondary N) is 1. The minimum atomic E-state index is -4.07. The molecule has 0 atom stereocenters. The zero-order chi connectivity index (χ0) is 28.8. The number of piperidine rings is 1. The lowest BCUT2D eigenvalue weighted by molar-refractivity contribution is -0.132. The minimum Gasteiger partial charge on any atom is -0.494 e. The van der Waals surface area contributed by atoms with Crippen LogP contribution >= 0.6 is 0 Å². The van der Waals surface area contributed by atoms with Crippen LogP contribution in [0.5, 0.6) is 17.2 Å². The van der Waals surface area contributed by atoms with Crippen LogP contribution in [-0.2, 0) is 14.8 Å². The van der Waals surface area contributed by atoms with Gasteiger partial charge in [0.25, 0.3) is 5.91 Å². The molecule has 2 aromatic carbocycles. The Morgan fingerprint density at radius 3 is 2.08 bits per heavy atom. The van der Waals surface area contributed by atoms with Gasteiger partial charge in [0.2, 0.25) is 10.0 Å². The number of hydrogen-bond donors (Lipinski definition) is 2. The highest BCUT2D eigenvalue weighted by Crippen LogP contribution is 2.38. The molecule has 2 N–H and O–H groups in total. The molecule has 40 heavy (non-hydrogen) atoms. The van der Waals surface area contributed by atoms with Crippen molar-refractivity contribution in [3.63, 3.8) is 0 Å². The highest BCUT2D eigenvalue weighted by atomic mass is 32.2. The Morgan fingerprint density at radius 2 is 1.50 bits per heavy atom. The number of anilines is 2. The first-order valence-electron chi connectivity index (χ1n) is 13.7. The summed E-state index contributed by atoms with van der Waals surface area (Å²) in [5.74, 6) is 1.08. The number of carbonyl (C=O) groups is 1. The number of sulfonamides is 1. The first-order chi connectivity index (χ1) is 19.3. The molecule has 11 nitrogen and oxygen atoms in total. The highest BCUT2D eigenvalue weighted by molar-refractivity contribution is 7.91. The van der Waals surface area contributed by atoms with Crippen LogP contribution in [-0.4, -0.2) is 88.7 Å². The number of benzene rings is 2. The number of unbranched alkanes of at least 4 members (excludes halogenated alkanes) is 1. The van der Waals surface area contributed by atoms with Gasteiger partial charge in [-0.1, -0.05) is 13.3 Å². The van der Waals surface area contributed by atoms with Gasteiger partial charge in [0.15, 0.2) is 16.2 Å². The smallest absolute Gasteiger partial charge is 0.266 e. The van der Waals surface area contributed by atoms with Gasteiger partial charge in [-0.2, -0.15) is 4.31 Å². The van der Waals surface area contributed by atoms with Crippen LogP contribution in [0.2, 0.25) is 0 Å². The van der Waals surface area contributed by atoms with E-state index in [1.165, 1.54) is 4.31 Å². The maximum Gasteiger partial charge on any atom is 0.266 e. The Morgan fingerprint density at radius 1 is 0.900 bits per heavy atom. The second-order valence-corrected chi connectivity index (χ2v) is 12.3. The number of rotatable bonds is 11. The van der Waals surface area contributed by atoms with E-state index >= 15 is 0 Å². The van der Waals surface area contributed by atoms with Crippen molar-refractivity contribution >= 4 is 27.3 Å². The standard InChI is InChI=1S/C28H40N4O7S/c1-4-5-20-39-24-9-6-22(7-10-24)31-16-18-32(19-17-31)40(35,36)28(27(33)29-34)12-14-30(15-13-28)23-8-11-25(37-2)26(21-23)38-3/h6-11,21,34H,4-5,12-20H2,1-3H3,(H,29,33). The quantitative estimate of drug-likeness (QED) is 0.236. The predicted molar refractivity (Wildman–Crippen MR) is 153 cm³/mol. The number of hydrogen-bond acceptors (Lipinski definition) is 9. The van der Waals surface area contributed by atoms with E-state index in [9.17, 15) is 18.4 Å². The summed E-state index contributed by atoms with van der Waals surface area (Å²) < 4.78 is 44.0. The summed E-state index contributed by atoms with van der Waals surface area (Å²) in [5, 5.41) is 9.56. The molecule has 0 radical (unpaired) electrons. The van der Waals surface area contributed by atoms with Crippen LogP contribution in [0.15, 0.2) is 42.5 Å².